The Bertz CT molecular complexity index is 582. The molecule has 0 saturated heterocycles. The fourth-order valence-corrected chi connectivity index (χ4v) is 2.80. The van der Waals surface area contributed by atoms with Gasteiger partial charge in [0, 0.05) is 30.2 Å². The maximum absolute atomic E-state index is 4.20. The topological polar surface area (TPSA) is 29.9 Å². The van der Waals surface area contributed by atoms with Gasteiger partial charge in [0.1, 0.15) is 0 Å². The lowest BCUT2D eigenvalue weighted by Gasteiger charge is -2.20. The predicted octanol–water partition coefficient (Wildman–Crippen LogP) is 3.77. The maximum Gasteiger partial charge on any atom is 0.0629 e. The molecule has 108 valence electrons. The predicted molar refractivity (Wildman–Crippen MR) is 85.1 cm³/mol. The van der Waals surface area contributed by atoms with Gasteiger partial charge in [0.05, 0.1) is 11.1 Å². The Balaban J connectivity index is 2.06. The van der Waals surface area contributed by atoms with Crippen LogP contribution in [0.5, 0.6) is 0 Å². The number of rotatable bonds is 4. The molecule has 1 N–H and O–H groups in total. The number of aromatic nitrogens is 2. The number of hydrogen-bond acceptors (Lipinski definition) is 3. The molecule has 1 aromatic carbocycles. The molecule has 0 spiro atoms. The number of hydrogen-bond donors (Lipinski definition) is 1. The van der Waals surface area contributed by atoms with Gasteiger partial charge in [-0.2, -0.15) is 5.10 Å². The Morgan fingerprint density at radius 1 is 1.30 bits per heavy atom. The monoisotopic (exact) mass is 289 g/mol. The quantitative estimate of drug-likeness (QED) is 0.929. The minimum atomic E-state index is 0.150. The Morgan fingerprint density at radius 2 is 2.05 bits per heavy atom. The number of benzene rings is 1. The van der Waals surface area contributed by atoms with Crippen LogP contribution in [0, 0.1) is 6.92 Å². The summed E-state index contributed by atoms with van der Waals surface area (Å²) in [6.45, 7) is 9.63. The molecule has 0 unspecified atom stereocenters. The highest BCUT2D eigenvalue weighted by Crippen LogP contribution is 2.30. The Morgan fingerprint density at radius 3 is 2.60 bits per heavy atom. The molecule has 0 bridgehead atoms. The van der Waals surface area contributed by atoms with Gasteiger partial charge >= 0.3 is 0 Å². The smallest absolute Gasteiger partial charge is 0.0629 e. The van der Waals surface area contributed by atoms with Crippen LogP contribution in [-0.2, 0) is 13.6 Å². The zero-order chi connectivity index (χ0) is 14.8. The SMILES string of the molecule is Cc1cc(CNC(C)(C)C)ccc1Sc1cnn(C)c1. The van der Waals surface area contributed by atoms with Gasteiger partial charge in [-0.25, -0.2) is 0 Å². The first-order valence-corrected chi connectivity index (χ1v) is 7.66. The van der Waals surface area contributed by atoms with Crippen LogP contribution in [0.4, 0.5) is 0 Å². The largest absolute Gasteiger partial charge is 0.308 e. The van der Waals surface area contributed by atoms with Crippen LogP contribution in [-0.4, -0.2) is 15.3 Å². The average molecular weight is 289 g/mol. The van der Waals surface area contributed by atoms with Crippen LogP contribution >= 0.6 is 11.8 Å². The van der Waals surface area contributed by atoms with E-state index in [9.17, 15) is 0 Å². The van der Waals surface area contributed by atoms with Gasteiger partial charge in [-0.3, -0.25) is 4.68 Å². The molecule has 0 aliphatic rings. The number of nitrogens with zero attached hydrogens (tertiary/aromatic N) is 2. The molecule has 0 radical (unpaired) electrons. The summed E-state index contributed by atoms with van der Waals surface area (Å²) in [5.74, 6) is 0. The minimum Gasteiger partial charge on any atom is -0.308 e. The van der Waals surface area contributed by atoms with Crippen molar-refractivity contribution >= 4 is 11.8 Å². The van der Waals surface area contributed by atoms with Crippen molar-refractivity contribution in [3.8, 4) is 0 Å². The summed E-state index contributed by atoms with van der Waals surface area (Å²) < 4.78 is 1.83. The molecule has 0 fully saturated rings. The molecule has 4 heteroatoms. The van der Waals surface area contributed by atoms with Gasteiger partial charge in [0.15, 0.2) is 0 Å². The number of nitrogens with one attached hydrogen (secondary N) is 1. The molecule has 0 saturated carbocycles. The second-order valence-electron chi connectivity index (χ2n) is 6.16. The Hall–Kier alpha value is -1.26. The molecule has 1 heterocycles. The third-order valence-electron chi connectivity index (χ3n) is 2.97. The molecular weight excluding hydrogens is 266 g/mol. The van der Waals surface area contributed by atoms with Crippen molar-refractivity contribution in [2.24, 2.45) is 7.05 Å². The molecule has 2 aromatic rings. The summed E-state index contributed by atoms with van der Waals surface area (Å²) in [5.41, 5.74) is 2.79. The van der Waals surface area contributed by atoms with Crippen molar-refractivity contribution in [1.29, 1.82) is 0 Å². The van der Waals surface area contributed by atoms with Gasteiger partial charge in [0.25, 0.3) is 0 Å². The second kappa shape index (κ2) is 6.02. The van der Waals surface area contributed by atoms with Crippen molar-refractivity contribution in [3.63, 3.8) is 0 Å². The summed E-state index contributed by atoms with van der Waals surface area (Å²) in [6, 6.07) is 6.66. The van der Waals surface area contributed by atoms with Gasteiger partial charge in [0.2, 0.25) is 0 Å². The molecular formula is C16H23N3S. The molecule has 2 rings (SSSR count). The zero-order valence-corrected chi connectivity index (χ0v) is 13.7. The second-order valence-corrected chi connectivity index (χ2v) is 7.27. The molecule has 0 aliphatic carbocycles. The molecule has 0 amide bonds. The molecule has 0 aliphatic heterocycles. The summed E-state index contributed by atoms with van der Waals surface area (Å²) in [4.78, 5) is 2.47. The number of aryl methyl sites for hydroxylation is 2. The van der Waals surface area contributed by atoms with E-state index in [-0.39, 0.29) is 5.54 Å². The van der Waals surface area contributed by atoms with Gasteiger partial charge in [-0.1, -0.05) is 23.9 Å². The first-order chi connectivity index (χ1) is 9.33. The van der Waals surface area contributed by atoms with Crippen LogP contribution in [0.2, 0.25) is 0 Å². The van der Waals surface area contributed by atoms with E-state index in [1.165, 1.54) is 20.9 Å². The van der Waals surface area contributed by atoms with E-state index in [0.717, 1.165) is 6.54 Å². The van der Waals surface area contributed by atoms with Crippen molar-refractivity contribution in [2.75, 3.05) is 0 Å². The van der Waals surface area contributed by atoms with Crippen molar-refractivity contribution in [1.82, 2.24) is 15.1 Å². The van der Waals surface area contributed by atoms with Crippen molar-refractivity contribution in [2.45, 2.75) is 49.6 Å². The summed E-state index contributed by atoms with van der Waals surface area (Å²) in [7, 11) is 1.94. The third-order valence-corrected chi connectivity index (χ3v) is 4.10. The van der Waals surface area contributed by atoms with Gasteiger partial charge < -0.3 is 5.32 Å². The lowest BCUT2D eigenvalue weighted by atomic mass is 10.1. The highest BCUT2D eigenvalue weighted by molar-refractivity contribution is 7.99. The van der Waals surface area contributed by atoms with Crippen LogP contribution in [0.1, 0.15) is 31.9 Å². The van der Waals surface area contributed by atoms with E-state index in [1.807, 2.05) is 24.1 Å². The van der Waals surface area contributed by atoms with E-state index in [1.54, 1.807) is 11.8 Å². The van der Waals surface area contributed by atoms with Gasteiger partial charge in [-0.15, -0.1) is 0 Å². The van der Waals surface area contributed by atoms with Crippen molar-refractivity contribution in [3.05, 3.63) is 41.7 Å². The fraction of sp³-hybridized carbons (Fsp3) is 0.438. The summed E-state index contributed by atoms with van der Waals surface area (Å²) in [5, 5.41) is 7.72. The molecule has 1 aromatic heterocycles. The van der Waals surface area contributed by atoms with E-state index < -0.39 is 0 Å². The first kappa shape index (κ1) is 15.1. The maximum atomic E-state index is 4.20. The van der Waals surface area contributed by atoms with Crippen molar-refractivity contribution < 1.29 is 0 Å². The highest BCUT2D eigenvalue weighted by atomic mass is 32.2. The minimum absolute atomic E-state index is 0.150. The van der Waals surface area contributed by atoms with E-state index in [0.29, 0.717) is 0 Å². The van der Waals surface area contributed by atoms with Crippen LogP contribution in [0.15, 0.2) is 40.4 Å². The lowest BCUT2D eigenvalue weighted by Crippen LogP contribution is -2.35. The van der Waals surface area contributed by atoms with E-state index in [2.05, 4.69) is 56.3 Å². The molecule has 3 nitrogen and oxygen atoms in total. The molecule has 20 heavy (non-hydrogen) atoms. The average Bonchev–Trinajstić information content (AvgIpc) is 2.74. The fourth-order valence-electron chi connectivity index (χ4n) is 1.88. The summed E-state index contributed by atoms with van der Waals surface area (Å²) in [6.07, 6.45) is 3.94. The van der Waals surface area contributed by atoms with E-state index >= 15 is 0 Å². The van der Waals surface area contributed by atoms with Crippen LogP contribution in [0.25, 0.3) is 0 Å². The highest BCUT2D eigenvalue weighted by Gasteiger charge is 2.09. The lowest BCUT2D eigenvalue weighted by molar-refractivity contribution is 0.424. The standard InChI is InChI=1S/C16H23N3S/c1-12-8-13(9-17-16(2,3)4)6-7-15(12)20-14-10-18-19(5)11-14/h6-8,10-11,17H,9H2,1-5H3. The van der Waals surface area contributed by atoms with Crippen LogP contribution < -0.4 is 5.32 Å². The van der Waals surface area contributed by atoms with Gasteiger partial charge in [-0.05, 0) is 44.9 Å². The summed E-state index contributed by atoms with van der Waals surface area (Å²) >= 11 is 1.76. The first-order valence-electron chi connectivity index (χ1n) is 6.84. The normalized spacial score (nSPS) is 11.8. The Kier molecular flexibility index (Phi) is 4.55. The van der Waals surface area contributed by atoms with Crippen LogP contribution in [0.3, 0.4) is 0 Å². The van der Waals surface area contributed by atoms with E-state index in [4.69, 9.17) is 0 Å². The third kappa shape index (κ3) is 4.39. The zero-order valence-electron chi connectivity index (χ0n) is 12.9. The Labute approximate surface area is 125 Å². The molecule has 0 atom stereocenters.